The van der Waals surface area contributed by atoms with Crippen molar-refractivity contribution < 1.29 is 39.5 Å². The van der Waals surface area contributed by atoms with Crippen molar-refractivity contribution in [2.75, 3.05) is 20.3 Å². The number of esters is 1. The van der Waals surface area contributed by atoms with Crippen molar-refractivity contribution in [2.24, 2.45) is 0 Å². The number of aliphatic carboxylic acids is 2. The lowest BCUT2D eigenvalue weighted by Crippen LogP contribution is -2.12. The number of carbonyl (C=O) groups is 3. The van der Waals surface area contributed by atoms with Gasteiger partial charge in [-0.2, -0.15) is 0 Å². The Kier molecular flexibility index (Phi) is 18.2. The number of carboxylic acid groups (broad SMARTS) is 2. The van der Waals surface area contributed by atoms with Gasteiger partial charge < -0.3 is 25.2 Å². The van der Waals surface area contributed by atoms with Gasteiger partial charge in [0.2, 0.25) is 0 Å². The molecule has 172 valence electrons. The Balaban J connectivity index is 0. The van der Waals surface area contributed by atoms with E-state index in [4.69, 9.17) is 25.2 Å². The van der Waals surface area contributed by atoms with Crippen molar-refractivity contribution in [3.05, 3.63) is 71.8 Å². The molecule has 0 saturated heterocycles. The summed E-state index contributed by atoms with van der Waals surface area (Å²) < 4.78 is 4.85. The molecule has 1 aromatic carbocycles. The van der Waals surface area contributed by atoms with Gasteiger partial charge in [-0.3, -0.25) is 0 Å². The van der Waals surface area contributed by atoms with Gasteiger partial charge in [-0.15, -0.1) is 0 Å². The van der Waals surface area contributed by atoms with Crippen LogP contribution in [0, 0.1) is 0 Å². The molecule has 0 spiro atoms. The molecule has 0 aliphatic carbocycles. The quantitative estimate of drug-likeness (QED) is 0.324. The molecule has 8 heteroatoms. The van der Waals surface area contributed by atoms with Crippen molar-refractivity contribution in [3.8, 4) is 0 Å². The maximum Gasteiger partial charge on any atom is 0.334 e. The highest BCUT2D eigenvalue weighted by molar-refractivity contribution is 5.89. The Morgan fingerprint density at radius 2 is 1.55 bits per heavy atom. The van der Waals surface area contributed by atoms with Gasteiger partial charge in [0, 0.05) is 36.9 Å². The third-order valence-electron chi connectivity index (χ3n) is 3.67. The molecular weight excluding hydrogens is 404 g/mol. The summed E-state index contributed by atoms with van der Waals surface area (Å²) in [5.41, 5.74) is 2.64. The first-order chi connectivity index (χ1) is 14.6. The Morgan fingerprint density at radius 3 is 1.90 bits per heavy atom. The molecular formula is C23H32O8. The van der Waals surface area contributed by atoms with Crippen LogP contribution in [0.4, 0.5) is 0 Å². The number of ether oxygens (including phenoxy) is 1. The van der Waals surface area contributed by atoms with E-state index in [1.54, 1.807) is 0 Å². The molecule has 0 fully saturated rings. The maximum atomic E-state index is 12.0. The van der Waals surface area contributed by atoms with Crippen LogP contribution >= 0.6 is 0 Å². The van der Waals surface area contributed by atoms with Gasteiger partial charge >= 0.3 is 17.9 Å². The Bertz CT molecular complexity index is 723. The standard InChI is InChI=1S/C16H22O4.C4H6O2.C3H4O2/c1-20-16(19)15(12-13-6-3-2-4-7-13)14(9-11-18)8-5-10-17;1-3(2)4(5)6;1-2-3(4)5/h2-4,6-7,17-18H,5,8-12H2,1H3;1H2,2H3,(H,5,6);2H,1H2,(H,4,5). The van der Waals surface area contributed by atoms with Gasteiger partial charge in [0.1, 0.15) is 0 Å². The Hall–Kier alpha value is -3.23. The predicted molar refractivity (Wildman–Crippen MR) is 117 cm³/mol. The monoisotopic (exact) mass is 436 g/mol. The second kappa shape index (κ2) is 18.8. The molecule has 0 aromatic heterocycles. The minimum atomic E-state index is -0.981. The molecule has 8 nitrogen and oxygen atoms in total. The van der Waals surface area contributed by atoms with Crippen molar-refractivity contribution in [2.45, 2.75) is 32.6 Å². The first-order valence-electron chi connectivity index (χ1n) is 9.43. The molecule has 1 aromatic rings. The summed E-state index contributed by atoms with van der Waals surface area (Å²) in [7, 11) is 1.36. The van der Waals surface area contributed by atoms with Crippen molar-refractivity contribution in [3.63, 3.8) is 0 Å². The lowest BCUT2D eigenvalue weighted by atomic mass is 9.95. The summed E-state index contributed by atoms with van der Waals surface area (Å²) in [6.45, 7) is 7.61. The van der Waals surface area contributed by atoms with E-state index in [0.29, 0.717) is 31.3 Å². The van der Waals surface area contributed by atoms with Gasteiger partial charge in [-0.05, 0) is 31.7 Å². The second-order valence-corrected chi connectivity index (χ2v) is 6.16. The summed E-state index contributed by atoms with van der Waals surface area (Å²) in [4.78, 5) is 30.8. The van der Waals surface area contributed by atoms with Crippen LogP contribution < -0.4 is 0 Å². The molecule has 0 atom stereocenters. The van der Waals surface area contributed by atoms with E-state index in [2.05, 4.69) is 13.2 Å². The molecule has 1 rings (SSSR count). The lowest BCUT2D eigenvalue weighted by molar-refractivity contribution is -0.136. The van der Waals surface area contributed by atoms with Gasteiger partial charge in [0.05, 0.1) is 7.11 Å². The molecule has 0 amide bonds. The molecule has 0 heterocycles. The van der Waals surface area contributed by atoms with E-state index in [-0.39, 0.29) is 24.8 Å². The van der Waals surface area contributed by atoms with Crippen molar-refractivity contribution in [1.82, 2.24) is 0 Å². The summed E-state index contributed by atoms with van der Waals surface area (Å²) in [6.07, 6.45) is 2.91. The summed E-state index contributed by atoms with van der Waals surface area (Å²) in [5.74, 6) is -2.28. The van der Waals surface area contributed by atoms with Crippen LogP contribution in [0.15, 0.2) is 66.3 Å². The van der Waals surface area contributed by atoms with Crippen molar-refractivity contribution >= 4 is 17.9 Å². The Morgan fingerprint density at radius 1 is 1.03 bits per heavy atom. The molecule has 0 unspecified atom stereocenters. The average molecular weight is 437 g/mol. The van der Waals surface area contributed by atoms with E-state index in [1.807, 2.05) is 30.3 Å². The first kappa shape index (κ1) is 30.0. The van der Waals surface area contributed by atoms with Gasteiger partial charge in [-0.25, -0.2) is 14.4 Å². The first-order valence-corrected chi connectivity index (χ1v) is 9.43. The van der Waals surface area contributed by atoms with Crippen LogP contribution in [0.2, 0.25) is 0 Å². The number of methoxy groups -OCH3 is 1. The average Bonchev–Trinajstić information content (AvgIpc) is 2.76. The highest BCUT2D eigenvalue weighted by atomic mass is 16.5. The van der Waals surface area contributed by atoms with E-state index in [9.17, 15) is 14.4 Å². The molecule has 0 saturated carbocycles. The van der Waals surface area contributed by atoms with Crippen LogP contribution in [0.5, 0.6) is 0 Å². The van der Waals surface area contributed by atoms with Crippen LogP contribution in [0.25, 0.3) is 0 Å². The zero-order valence-corrected chi connectivity index (χ0v) is 18.0. The zero-order chi connectivity index (χ0) is 24.2. The van der Waals surface area contributed by atoms with Crippen LogP contribution in [0.1, 0.15) is 31.7 Å². The normalized spacial score (nSPS) is 10.2. The fraction of sp³-hybridized carbons (Fsp3) is 0.348. The van der Waals surface area contributed by atoms with Crippen LogP contribution in [-0.2, 0) is 25.5 Å². The highest BCUT2D eigenvalue weighted by Crippen LogP contribution is 2.20. The smallest absolute Gasteiger partial charge is 0.334 e. The number of hydrogen-bond donors (Lipinski definition) is 4. The molecule has 4 N–H and O–H groups in total. The minimum absolute atomic E-state index is 0.0178. The summed E-state index contributed by atoms with van der Waals surface area (Å²) in [6, 6.07) is 9.66. The Labute approximate surface area is 182 Å². The number of hydrogen-bond acceptors (Lipinski definition) is 6. The number of aliphatic hydroxyl groups excluding tert-OH is 2. The molecule has 31 heavy (non-hydrogen) atoms. The lowest BCUT2D eigenvalue weighted by Gasteiger charge is -2.13. The predicted octanol–water partition coefficient (Wildman–Crippen LogP) is 2.76. The van der Waals surface area contributed by atoms with Crippen LogP contribution in [-0.4, -0.2) is 58.7 Å². The molecule has 0 aliphatic heterocycles. The highest BCUT2D eigenvalue weighted by Gasteiger charge is 2.16. The topological polar surface area (TPSA) is 141 Å². The van der Waals surface area contributed by atoms with Gasteiger partial charge in [0.15, 0.2) is 0 Å². The number of carbonyl (C=O) groups excluding carboxylic acids is 1. The van der Waals surface area contributed by atoms with E-state index in [0.717, 1.165) is 17.2 Å². The fourth-order valence-corrected chi connectivity index (χ4v) is 2.12. The maximum absolute atomic E-state index is 12.0. The van der Waals surface area contributed by atoms with E-state index >= 15 is 0 Å². The van der Waals surface area contributed by atoms with E-state index < -0.39 is 11.9 Å². The van der Waals surface area contributed by atoms with Crippen molar-refractivity contribution in [1.29, 1.82) is 0 Å². The fourth-order valence-electron chi connectivity index (χ4n) is 2.12. The van der Waals surface area contributed by atoms with Crippen LogP contribution in [0.3, 0.4) is 0 Å². The number of aliphatic hydroxyl groups is 2. The zero-order valence-electron chi connectivity index (χ0n) is 18.0. The number of benzene rings is 1. The molecule has 0 radical (unpaired) electrons. The third-order valence-corrected chi connectivity index (χ3v) is 3.67. The van der Waals surface area contributed by atoms with Gasteiger partial charge in [0.25, 0.3) is 0 Å². The summed E-state index contributed by atoms with van der Waals surface area (Å²) in [5, 5.41) is 33.6. The number of carboxylic acids is 2. The SMILES string of the molecule is C=C(C)C(=O)O.C=CC(=O)O.COC(=O)C(Cc1ccccc1)=C(CCO)CCCO. The minimum Gasteiger partial charge on any atom is -0.478 e. The largest absolute Gasteiger partial charge is 0.478 e. The van der Waals surface area contributed by atoms with Gasteiger partial charge in [-0.1, -0.05) is 49.1 Å². The molecule has 0 bridgehead atoms. The van der Waals surface area contributed by atoms with E-state index in [1.165, 1.54) is 14.0 Å². The molecule has 0 aliphatic rings. The third kappa shape index (κ3) is 16.3. The number of rotatable bonds is 10. The summed E-state index contributed by atoms with van der Waals surface area (Å²) >= 11 is 0. The second-order valence-electron chi connectivity index (χ2n) is 6.16.